The zero-order valence-electron chi connectivity index (χ0n) is 16.8. The zero-order chi connectivity index (χ0) is 21.9. The summed E-state index contributed by atoms with van der Waals surface area (Å²) >= 11 is 0. The Labute approximate surface area is 172 Å². The first-order chi connectivity index (χ1) is 14.2. The van der Waals surface area contributed by atoms with Crippen molar-refractivity contribution in [1.82, 2.24) is 10.1 Å². The molecule has 0 bridgehead atoms. The molecule has 1 heterocycles. The number of hydrogen-bond acceptors (Lipinski definition) is 4. The van der Waals surface area contributed by atoms with E-state index in [4.69, 9.17) is 9.26 Å². The van der Waals surface area contributed by atoms with Crippen molar-refractivity contribution in [3.63, 3.8) is 0 Å². The second kappa shape index (κ2) is 8.61. The number of nitrogens with zero attached hydrogens (tertiary/aromatic N) is 2. The lowest BCUT2D eigenvalue weighted by Crippen LogP contribution is -2.27. The van der Waals surface area contributed by atoms with Gasteiger partial charge < -0.3 is 14.2 Å². The van der Waals surface area contributed by atoms with Crippen molar-refractivity contribution in [3.05, 3.63) is 82.2 Å². The molecule has 1 amide bonds. The Kier molecular flexibility index (Phi) is 6.14. The number of aryl methyl sites for hydroxylation is 2. The molecular formula is C22H21F3N2O3. The van der Waals surface area contributed by atoms with E-state index in [-0.39, 0.29) is 18.7 Å². The van der Waals surface area contributed by atoms with Crippen LogP contribution in [0, 0.1) is 13.8 Å². The summed E-state index contributed by atoms with van der Waals surface area (Å²) < 4.78 is 50.4. The van der Waals surface area contributed by atoms with Gasteiger partial charge in [0.1, 0.15) is 18.1 Å². The molecule has 1 aromatic heterocycles. The molecule has 8 heteroatoms. The van der Waals surface area contributed by atoms with E-state index in [1.165, 1.54) is 30.1 Å². The lowest BCUT2D eigenvalue weighted by atomic mass is 10.1. The summed E-state index contributed by atoms with van der Waals surface area (Å²) in [5.41, 5.74) is 1.15. The maximum atomic E-state index is 13.2. The number of hydrogen-bond donors (Lipinski definition) is 0. The highest BCUT2D eigenvalue weighted by Gasteiger charge is 2.33. The molecule has 0 aliphatic carbocycles. The second-order valence-electron chi connectivity index (χ2n) is 6.94. The molecule has 5 nitrogen and oxygen atoms in total. The summed E-state index contributed by atoms with van der Waals surface area (Å²) in [6.45, 7) is 3.65. The molecule has 0 N–H and O–H groups in total. The van der Waals surface area contributed by atoms with Gasteiger partial charge in [0.05, 0.1) is 16.8 Å². The fraction of sp³-hybridized carbons (Fsp3) is 0.273. The van der Waals surface area contributed by atoms with Crippen LogP contribution >= 0.6 is 0 Å². The molecule has 3 rings (SSSR count). The van der Waals surface area contributed by atoms with E-state index < -0.39 is 17.6 Å². The number of aromatic nitrogens is 1. The van der Waals surface area contributed by atoms with E-state index in [1.54, 1.807) is 31.2 Å². The Balaban J connectivity index is 1.72. The Morgan fingerprint density at radius 1 is 1.13 bits per heavy atom. The van der Waals surface area contributed by atoms with Gasteiger partial charge >= 0.3 is 6.18 Å². The Hall–Kier alpha value is -3.29. The predicted octanol–water partition coefficient (Wildman–Crippen LogP) is 5.16. The highest BCUT2D eigenvalue weighted by Crippen LogP contribution is 2.32. The monoisotopic (exact) mass is 418 g/mol. The average molecular weight is 418 g/mol. The van der Waals surface area contributed by atoms with Crippen LogP contribution < -0.4 is 4.74 Å². The maximum absolute atomic E-state index is 13.2. The molecule has 3 aromatic rings. The van der Waals surface area contributed by atoms with Gasteiger partial charge in [0.25, 0.3) is 5.91 Å². The third-order valence-corrected chi connectivity index (χ3v) is 4.72. The minimum atomic E-state index is -4.48. The van der Waals surface area contributed by atoms with Crippen molar-refractivity contribution in [2.75, 3.05) is 7.05 Å². The van der Waals surface area contributed by atoms with E-state index in [1.807, 2.05) is 6.92 Å². The third kappa shape index (κ3) is 4.82. The zero-order valence-corrected chi connectivity index (χ0v) is 16.8. The number of rotatable bonds is 6. The van der Waals surface area contributed by atoms with E-state index >= 15 is 0 Å². The number of alkyl halides is 3. The number of benzene rings is 2. The molecule has 0 fully saturated rings. The van der Waals surface area contributed by atoms with Gasteiger partial charge in [0.15, 0.2) is 0 Å². The van der Waals surface area contributed by atoms with Gasteiger partial charge in [-0.25, -0.2) is 0 Å². The van der Waals surface area contributed by atoms with E-state index in [9.17, 15) is 18.0 Å². The molecular weight excluding hydrogens is 397 g/mol. The van der Waals surface area contributed by atoms with Crippen LogP contribution in [0.4, 0.5) is 13.2 Å². The van der Waals surface area contributed by atoms with E-state index in [0.29, 0.717) is 17.1 Å². The topological polar surface area (TPSA) is 55.6 Å². The molecule has 0 aliphatic rings. The van der Waals surface area contributed by atoms with Crippen molar-refractivity contribution in [2.24, 2.45) is 0 Å². The number of halogens is 3. The Morgan fingerprint density at radius 3 is 2.53 bits per heavy atom. The standard InChI is InChI=1S/C22H21F3N2O3/c1-14-19(15(2)30-26-14)13-29-18-9-6-8-16(11-18)21(28)27(3)12-17-7-4-5-10-20(17)22(23,24)25/h4-11H,12-13H2,1-3H3. The minimum absolute atomic E-state index is 0.0339. The van der Waals surface area contributed by atoms with Gasteiger partial charge in [-0.15, -0.1) is 0 Å². The molecule has 0 radical (unpaired) electrons. The van der Waals surface area contributed by atoms with Crippen LogP contribution in [0.15, 0.2) is 53.1 Å². The van der Waals surface area contributed by atoms with E-state index in [2.05, 4.69) is 5.16 Å². The predicted molar refractivity (Wildman–Crippen MR) is 104 cm³/mol. The molecule has 0 atom stereocenters. The summed E-state index contributed by atoms with van der Waals surface area (Å²) in [6, 6.07) is 11.7. The van der Waals surface area contributed by atoms with Crippen LogP contribution in [-0.4, -0.2) is 23.0 Å². The molecule has 0 aliphatic heterocycles. The molecule has 0 unspecified atom stereocenters. The first-order valence-corrected chi connectivity index (χ1v) is 9.22. The summed E-state index contributed by atoms with van der Waals surface area (Å²) in [5, 5.41) is 3.87. The van der Waals surface area contributed by atoms with Crippen molar-refractivity contribution >= 4 is 5.91 Å². The molecule has 0 spiro atoms. The quantitative estimate of drug-likeness (QED) is 0.555. The Morgan fingerprint density at radius 2 is 1.87 bits per heavy atom. The van der Waals surface area contributed by atoms with Crippen LogP contribution in [0.5, 0.6) is 5.75 Å². The molecule has 0 saturated carbocycles. The van der Waals surface area contributed by atoms with Gasteiger partial charge in [-0.05, 0) is 43.7 Å². The van der Waals surface area contributed by atoms with Crippen molar-refractivity contribution in [3.8, 4) is 5.75 Å². The SMILES string of the molecule is Cc1noc(C)c1COc1cccc(C(=O)N(C)Cc2ccccc2C(F)(F)F)c1. The average Bonchev–Trinajstić information content (AvgIpc) is 3.03. The minimum Gasteiger partial charge on any atom is -0.489 e. The highest BCUT2D eigenvalue weighted by atomic mass is 19.4. The van der Waals surface area contributed by atoms with Gasteiger partial charge in [-0.3, -0.25) is 4.79 Å². The lowest BCUT2D eigenvalue weighted by Gasteiger charge is -2.20. The fourth-order valence-corrected chi connectivity index (χ4v) is 3.06. The van der Waals surface area contributed by atoms with Gasteiger partial charge in [-0.2, -0.15) is 13.2 Å². The summed E-state index contributed by atoms with van der Waals surface area (Å²) in [4.78, 5) is 14.0. The van der Waals surface area contributed by atoms with Crippen LogP contribution in [0.2, 0.25) is 0 Å². The number of carbonyl (C=O) groups excluding carboxylic acids is 1. The first kappa shape index (κ1) is 21.4. The normalized spacial score (nSPS) is 11.4. The smallest absolute Gasteiger partial charge is 0.416 e. The largest absolute Gasteiger partial charge is 0.489 e. The Bertz CT molecular complexity index is 1020. The molecule has 158 valence electrons. The lowest BCUT2D eigenvalue weighted by molar-refractivity contribution is -0.138. The van der Waals surface area contributed by atoms with Crippen LogP contribution in [0.3, 0.4) is 0 Å². The first-order valence-electron chi connectivity index (χ1n) is 9.22. The number of carbonyl (C=O) groups is 1. The van der Waals surface area contributed by atoms with E-state index in [0.717, 1.165) is 17.3 Å². The maximum Gasteiger partial charge on any atom is 0.416 e. The second-order valence-corrected chi connectivity index (χ2v) is 6.94. The molecule has 2 aromatic carbocycles. The summed E-state index contributed by atoms with van der Waals surface area (Å²) in [7, 11) is 1.47. The third-order valence-electron chi connectivity index (χ3n) is 4.72. The van der Waals surface area contributed by atoms with Crippen molar-refractivity contribution in [2.45, 2.75) is 33.2 Å². The highest BCUT2D eigenvalue weighted by molar-refractivity contribution is 5.94. The van der Waals surface area contributed by atoms with Crippen LogP contribution in [-0.2, 0) is 19.3 Å². The number of amides is 1. The molecule has 30 heavy (non-hydrogen) atoms. The van der Waals surface area contributed by atoms with Gasteiger partial charge in [-0.1, -0.05) is 29.4 Å². The van der Waals surface area contributed by atoms with Crippen molar-refractivity contribution in [1.29, 1.82) is 0 Å². The van der Waals surface area contributed by atoms with Gasteiger partial charge in [0, 0.05) is 19.2 Å². The summed E-state index contributed by atoms with van der Waals surface area (Å²) in [5.74, 6) is 0.711. The fourth-order valence-electron chi connectivity index (χ4n) is 3.06. The van der Waals surface area contributed by atoms with Crippen molar-refractivity contribution < 1.29 is 27.2 Å². The van der Waals surface area contributed by atoms with Crippen LogP contribution in [0.25, 0.3) is 0 Å². The van der Waals surface area contributed by atoms with Gasteiger partial charge in [0.2, 0.25) is 0 Å². The van der Waals surface area contributed by atoms with Crippen LogP contribution in [0.1, 0.15) is 38.5 Å². The molecule has 0 saturated heterocycles. The summed E-state index contributed by atoms with van der Waals surface area (Å²) in [6.07, 6.45) is -4.48. The number of ether oxygens (including phenoxy) is 1.